The molecule has 0 aromatic heterocycles. The Balaban J connectivity index is 2.12. The molecule has 0 amide bonds. The van der Waals surface area contributed by atoms with E-state index in [1.165, 1.54) is 13.2 Å². The first-order valence-electron chi connectivity index (χ1n) is 7.18. The van der Waals surface area contributed by atoms with Crippen LogP contribution in [0.15, 0.2) is 18.2 Å². The predicted molar refractivity (Wildman–Crippen MR) is 76.5 cm³/mol. The largest absolute Gasteiger partial charge is 0.494 e. The third kappa shape index (κ3) is 3.01. The van der Waals surface area contributed by atoms with Crippen molar-refractivity contribution >= 4 is 5.78 Å². The number of carbonyl (C=O) groups excluding carboxylic acids is 1. The van der Waals surface area contributed by atoms with Gasteiger partial charge in [-0.2, -0.15) is 0 Å². The second-order valence-electron chi connectivity index (χ2n) is 5.48. The first kappa shape index (κ1) is 15.0. The summed E-state index contributed by atoms with van der Waals surface area (Å²) in [5, 5.41) is 3.31. The molecule has 1 atom stereocenters. The van der Waals surface area contributed by atoms with E-state index in [0.29, 0.717) is 5.56 Å². The molecule has 3 nitrogen and oxygen atoms in total. The second kappa shape index (κ2) is 6.35. The Labute approximate surface area is 119 Å². The van der Waals surface area contributed by atoms with E-state index in [4.69, 9.17) is 4.74 Å². The van der Waals surface area contributed by atoms with Crippen LogP contribution < -0.4 is 10.1 Å². The molecule has 1 heterocycles. The second-order valence-corrected chi connectivity index (χ2v) is 5.48. The molecule has 1 unspecified atom stereocenters. The standard InChI is InChI=1S/C16H22FNO2/c1-3-16(7-4-8-18-11-16)15(19)10-12-5-6-14(20-2)13(17)9-12/h5-6,9,18H,3-4,7-8,10-11H2,1-2H3. The van der Waals surface area contributed by atoms with Crippen LogP contribution in [0.25, 0.3) is 0 Å². The highest BCUT2D eigenvalue weighted by Crippen LogP contribution is 2.32. The van der Waals surface area contributed by atoms with Crippen LogP contribution in [0.2, 0.25) is 0 Å². The molecule has 110 valence electrons. The maximum atomic E-state index is 13.7. The zero-order valence-electron chi connectivity index (χ0n) is 12.2. The minimum Gasteiger partial charge on any atom is -0.494 e. The Kier molecular flexibility index (Phi) is 4.76. The summed E-state index contributed by atoms with van der Waals surface area (Å²) < 4.78 is 18.6. The Morgan fingerprint density at radius 3 is 2.85 bits per heavy atom. The summed E-state index contributed by atoms with van der Waals surface area (Å²) >= 11 is 0. The van der Waals surface area contributed by atoms with Crippen molar-refractivity contribution in [1.29, 1.82) is 0 Å². The van der Waals surface area contributed by atoms with Gasteiger partial charge in [-0.25, -0.2) is 4.39 Å². The smallest absolute Gasteiger partial charge is 0.165 e. The lowest BCUT2D eigenvalue weighted by Gasteiger charge is -2.35. The van der Waals surface area contributed by atoms with E-state index < -0.39 is 5.82 Å². The SMILES string of the molecule is CCC1(C(=O)Cc2ccc(OC)c(F)c2)CCCNC1. The van der Waals surface area contributed by atoms with E-state index in [9.17, 15) is 9.18 Å². The molecule has 20 heavy (non-hydrogen) atoms. The van der Waals surface area contributed by atoms with Crippen molar-refractivity contribution in [2.45, 2.75) is 32.6 Å². The quantitative estimate of drug-likeness (QED) is 0.900. The monoisotopic (exact) mass is 279 g/mol. The van der Waals surface area contributed by atoms with E-state index in [1.54, 1.807) is 12.1 Å². The van der Waals surface area contributed by atoms with Gasteiger partial charge >= 0.3 is 0 Å². The van der Waals surface area contributed by atoms with Gasteiger partial charge in [0.15, 0.2) is 11.6 Å². The van der Waals surface area contributed by atoms with E-state index >= 15 is 0 Å². The van der Waals surface area contributed by atoms with Crippen LogP contribution in [0.5, 0.6) is 5.75 Å². The van der Waals surface area contributed by atoms with E-state index in [1.807, 2.05) is 0 Å². The highest BCUT2D eigenvalue weighted by atomic mass is 19.1. The molecule has 1 fully saturated rings. The summed E-state index contributed by atoms with van der Waals surface area (Å²) in [7, 11) is 1.43. The van der Waals surface area contributed by atoms with Crippen molar-refractivity contribution in [3.05, 3.63) is 29.6 Å². The van der Waals surface area contributed by atoms with Crippen LogP contribution in [0.3, 0.4) is 0 Å². The molecule has 1 N–H and O–H groups in total. The van der Waals surface area contributed by atoms with Gasteiger partial charge in [-0.05, 0) is 43.5 Å². The fraction of sp³-hybridized carbons (Fsp3) is 0.562. The van der Waals surface area contributed by atoms with E-state index in [0.717, 1.165) is 32.4 Å². The molecule has 1 aliphatic heterocycles. The number of hydrogen-bond acceptors (Lipinski definition) is 3. The Morgan fingerprint density at radius 2 is 2.30 bits per heavy atom. The summed E-state index contributed by atoms with van der Waals surface area (Å²) in [5.74, 6) is 0.00706. The third-order valence-electron chi connectivity index (χ3n) is 4.32. The van der Waals surface area contributed by atoms with Crippen molar-refractivity contribution in [3.8, 4) is 5.75 Å². The summed E-state index contributed by atoms with van der Waals surface area (Å²) in [4.78, 5) is 12.6. The average molecular weight is 279 g/mol. The van der Waals surface area contributed by atoms with Crippen LogP contribution in [0, 0.1) is 11.2 Å². The number of Topliss-reactive ketones (excluding diaryl/α,β-unsaturated/α-hetero) is 1. The highest BCUT2D eigenvalue weighted by molar-refractivity contribution is 5.87. The molecule has 0 aliphatic carbocycles. The summed E-state index contributed by atoms with van der Waals surface area (Å²) in [6, 6.07) is 4.74. The minimum absolute atomic E-state index is 0.205. The van der Waals surface area contributed by atoms with Crippen molar-refractivity contribution in [2.24, 2.45) is 5.41 Å². The van der Waals surface area contributed by atoms with Gasteiger partial charge in [-0.15, -0.1) is 0 Å². The fourth-order valence-corrected chi connectivity index (χ4v) is 2.90. The van der Waals surface area contributed by atoms with E-state index in [2.05, 4.69) is 12.2 Å². The third-order valence-corrected chi connectivity index (χ3v) is 4.32. The number of hydrogen-bond donors (Lipinski definition) is 1. The first-order valence-corrected chi connectivity index (χ1v) is 7.18. The van der Waals surface area contributed by atoms with Crippen molar-refractivity contribution in [3.63, 3.8) is 0 Å². The summed E-state index contributed by atoms with van der Waals surface area (Å²) in [6.07, 6.45) is 3.07. The van der Waals surface area contributed by atoms with Gasteiger partial charge in [-0.1, -0.05) is 13.0 Å². The van der Waals surface area contributed by atoms with Crippen molar-refractivity contribution in [2.75, 3.05) is 20.2 Å². The van der Waals surface area contributed by atoms with Crippen LogP contribution in [-0.2, 0) is 11.2 Å². The topological polar surface area (TPSA) is 38.3 Å². The van der Waals surface area contributed by atoms with Crippen LogP contribution in [-0.4, -0.2) is 26.0 Å². The average Bonchev–Trinajstić information content (AvgIpc) is 2.48. The number of carbonyl (C=O) groups is 1. The van der Waals surface area contributed by atoms with Gasteiger partial charge in [-0.3, -0.25) is 4.79 Å². The van der Waals surface area contributed by atoms with Gasteiger partial charge in [0.25, 0.3) is 0 Å². The molecule has 0 spiro atoms. The number of halogens is 1. The number of benzene rings is 1. The van der Waals surface area contributed by atoms with E-state index in [-0.39, 0.29) is 23.4 Å². The molecule has 4 heteroatoms. The molecular formula is C16H22FNO2. The van der Waals surface area contributed by atoms with Gasteiger partial charge in [0.1, 0.15) is 5.78 Å². The van der Waals surface area contributed by atoms with Crippen molar-refractivity contribution < 1.29 is 13.9 Å². The Bertz CT molecular complexity index is 481. The molecule has 0 bridgehead atoms. The molecule has 1 saturated heterocycles. The molecule has 2 rings (SSSR count). The molecular weight excluding hydrogens is 257 g/mol. The van der Waals surface area contributed by atoms with Crippen LogP contribution in [0.1, 0.15) is 31.7 Å². The lowest BCUT2D eigenvalue weighted by atomic mass is 9.73. The molecule has 0 radical (unpaired) electrons. The molecule has 1 aromatic rings. The zero-order chi connectivity index (χ0) is 14.6. The van der Waals surface area contributed by atoms with Gasteiger partial charge in [0, 0.05) is 18.4 Å². The lowest BCUT2D eigenvalue weighted by molar-refractivity contribution is -0.129. The zero-order valence-corrected chi connectivity index (χ0v) is 12.2. The maximum Gasteiger partial charge on any atom is 0.165 e. The lowest BCUT2D eigenvalue weighted by Crippen LogP contribution is -2.45. The van der Waals surface area contributed by atoms with Gasteiger partial charge in [0.2, 0.25) is 0 Å². The van der Waals surface area contributed by atoms with Gasteiger partial charge in [0.05, 0.1) is 7.11 Å². The first-order chi connectivity index (χ1) is 9.61. The number of rotatable bonds is 5. The van der Waals surface area contributed by atoms with Crippen molar-refractivity contribution in [1.82, 2.24) is 5.32 Å². The Morgan fingerprint density at radius 1 is 1.50 bits per heavy atom. The normalized spacial score (nSPS) is 22.6. The number of ether oxygens (including phenoxy) is 1. The number of piperidine rings is 1. The van der Waals surface area contributed by atoms with Gasteiger partial charge < -0.3 is 10.1 Å². The highest BCUT2D eigenvalue weighted by Gasteiger charge is 2.37. The summed E-state index contributed by atoms with van der Waals surface area (Å²) in [6.45, 7) is 3.77. The predicted octanol–water partition coefficient (Wildman–Crippen LogP) is 2.73. The molecule has 0 saturated carbocycles. The Hall–Kier alpha value is -1.42. The number of nitrogens with one attached hydrogen (secondary N) is 1. The fourth-order valence-electron chi connectivity index (χ4n) is 2.90. The minimum atomic E-state index is -0.412. The maximum absolute atomic E-state index is 13.7. The van der Waals surface area contributed by atoms with Crippen LogP contribution in [0.4, 0.5) is 4.39 Å². The molecule has 1 aliphatic rings. The summed E-state index contributed by atoms with van der Waals surface area (Å²) in [5.41, 5.74) is 0.431. The number of ketones is 1. The molecule has 1 aromatic carbocycles. The van der Waals surface area contributed by atoms with Crippen LogP contribution >= 0.6 is 0 Å². The number of methoxy groups -OCH3 is 1.